The molecule has 0 unspecified atom stereocenters. The van der Waals surface area contributed by atoms with Crippen LogP contribution in [0.4, 0.5) is 23.7 Å². The van der Waals surface area contributed by atoms with Crippen LogP contribution in [0.3, 0.4) is 0 Å². The first-order valence-corrected chi connectivity index (χ1v) is 9.84. The Kier molecular flexibility index (Phi) is 5.99. The van der Waals surface area contributed by atoms with Gasteiger partial charge in [-0.15, -0.1) is 13.2 Å². The van der Waals surface area contributed by atoms with E-state index in [1.807, 2.05) is 0 Å². The summed E-state index contributed by atoms with van der Waals surface area (Å²) in [5.74, 6) is -0.382. The Morgan fingerprint density at radius 3 is 2.73 bits per heavy atom. The third-order valence-electron chi connectivity index (χ3n) is 4.90. The van der Waals surface area contributed by atoms with Crippen LogP contribution in [-0.4, -0.2) is 41.9 Å². The lowest BCUT2D eigenvalue weighted by Gasteiger charge is -2.13. The van der Waals surface area contributed by atoms with Crippen molar-refractivity contribution in [2.45, 2.75) is 31.8 Å². The number of anilines is 1. The summed E-state index contributed by atoms with van der Waals surface area (Å²) < 4.78 is 51.3. The maximum atomic E-state index is 12.6. The Balaban J connectivity index is 1.30. The molecule has 0 spiro atoms. The number of urea groups is 1. The highest BCUT2D eigenvalue weighted by Crippen LogP contribution is 2.33. The van der Waals surface area contributed by atoms with E-state index in [9.17, 15) is 27.6 Å². The molecule has 4 rings (SSSR count). The van der Waals surface area contributed by atoms with Gasteiger partial charge >= 0.3 is 12.4 Å². The van der Waals surface area contributed by atoms with Crippen molar-refractivity contribution in [1.82, 2.24) is 10.2 Å². The summed E-state index contributed by atoms with van der Waals surface area (Å²) in [6, 6.07) is 8.43. The molecular formula is C21H18F3N3O6. The highest BCUT2D eigenvalue weighted by Gasteiger charge is 2.38. The number of hydrogen-bond donors (Lipinski definition) is 2. The number of hydrogen-bond acceptors (Lipinski definition) is 6. The number of fused-ring (bicyclic) bond motifs is 1. The van der Waals surface area contributed by atoms with E-state index in [2.05, 4.69) is 15.4 Å². The maximum Gasteiger partial charge on any atom is 0.573 e. The van der Waals surface area contributed by atoms with E-state index in [1.165, 1.54) is 12.1 Å². The van der Waals surface area contributed by atoms with Crippen molar-refractivity contribution in [3.05, 3.63) is 48.0 Å². The number of halogens is 3. The first-order chi connectivity index (χ1) is 15.7. The Hall–Kier alpha value is -3.96. The second-order valence-electron chi connectivity index (χ2n) is 7.28. The van der Waals surface area contributed by atoms with Crippen LogP contribution in [0.25, 0.3) is 0 Å². The molecule has 0 radical (unpaired) electrons. The molecule has 0 aromatic heterocycles. The lowest BCUT2D eigenvalue weighted by Crippen LogP contribution is -2.31. The highest BCUT2D eigenvalue weighted by atomic mass is 19.4. The van der Waals surface area contributed by atoms with Gasteiger partial charge in [0.15, 0.2) is 11.5 Å². The zero-order valence-corrected chi connectivity index (χ0v) is 17.0. The number of nitrogens with zero attached hydrogens (tertiary/aromatic N) is 1. The lowest BCUT2D eigenvalue weighted by atomic mass is 10.1. The molecule has 0 saturated carbocycles. The summed E-state index contributed by atoms with van der Waals surface area (Å²) in [6.07, 6.45) is -4.97. The monoisotopic (exact) mass is 465 g/mol. The zero-order valence-electron chi connectivity index (χ0n) is 17.0. The highest BCUT2D eigenvalue weighted by molar-refractivity contribution is 6.04. The molecule has 2 aliphatic heterocycles. The van der Waals surface area contributed by atoms with Gasteiger partial charge in [-0.25, -0.2) is 4.79 Å². The molecule has 1 atom stereocenters. The van der Waals surface area contributed by atoms with Crippen molar-refractivity contribution < 1.29 is 41.8 Å². The summed E-state index contributed by atoms with van der Waals surface area (Å²) >= 11 is 0. The first-order valence-electron chi connectivity index (χ1n) is 9.84. The topological polar surface area (TPSA) is 106 Å². The number of carbonyl (C=O) groups excluding carboxylic acids is 3. The molecule has 4 amide bonds. The minimum Gasteiger partial charge on any atom is -0.454 e. The van der Waals surface area contributed by atoms with Crippen molar-refractivity contribution in [2.75, 3.05) is 12.1 Å². The lowest BCUT2D eigenvalue weighted by molar-refractivity contribution is -0.274. The molecule has 1 fully saturated rings. The van der Waals surface area contributed by atoms with Crippen molar-refractivity contribution in [3.8, 4) is 17.2 Å². The number of ether oxygens (including phenoxy) is 3. The molecule has 0 bridgehead atoms. The fourth-order valence-corrected chi connectivity index (χ4v) is 3.41. The van der Waals surface area contributed by atoms with Crippen LogP contribution in [0, 0.1) is 0 Å². The van der Waals surface area contributed by atoms with Gasteiger partial charge < -0.3 is 24.8 Å². The molecule has 174 valence electrons. The van der Waals surface area contributed by atoms with E-state index in [0.717, 1.165) is 17.0 Å². The Morgan fingerprint density at radius 2 is 1.94 bits per heavy atom. The number of nitrogens with one attached hydrogen (secondary N) is 2. The van der Waals surface area contributed by atoms with Crippen molar-refractivity contribution in [3.63, 3.8) is 0 Å². The van der Waals surface area contributed by atoms with Crippen molar-refractivity contribution in [2.24, 2.45) is 0 Å². The second kappa shape index (κ2) is 8.88. The molecule has 9 nitrogen and oxygen atoms in total. The van der Waals surface area contributed by atoms with Crippen LogP contribution in [0.5, 0.6) is 17.2 Å². The fraction of sp³-hybridized carbons (Fsp3) is 0.286. The molecule has 2 aliphatic rings. The standard InChI is InChI=1S/C21H18F3N3O6/c22-21(23,24)33-14-3-1-2-13(9-14)25-18(28)7-5-15-19(29)27(20(30)26-15)10-12-4-6-16-17(8-12)32-11-31-16/h1-4,6,8-9,15H,5,7,10-11H2,(H,25,28)(H,26,30)/t15-/m1/s1. The molecule has 2 aromatic rings. The Labute approximate surface area is 185 Å². The predicted molar refractivity (Wildman–Crippen MR) is 106 cm³/mol. The van der Waals surface area contributed by atoms with Gasteiger partial charge in [-0.3, -0.25) is 14.5 Å². The smallest absolute Gasteiger partial charge is 0.454 e. The molecule has 1 saturated heterocycles. The van der Waals surface area contributed by atoms with Gasteiger partial charge in [0.2, 0.25) is 12.7 Å². The van der Waals surface area contributed by atoms with Gasteiger partial charge in [-0.2, -0.15) is 0 Å². The normalized spacial score (nSPS) is 17.2. The van der Waals surface area contributed by atoms with Gasteiger partial charge in [0.05, 0.1) is 6.54 Å². The summed E-state index contributed by atoms with van der Waals surface area (Å²) in [7, 11) is 0. The summed E-state index contributed by atoms with van der Waals surface area (Å²) in [6.45, 7) is 0.127. The van der Waals surface area contributed by atoms with Gasteiger partial charge in [-0.1, -0.05) is 12.1 Å². The summed E-state index contributed by atoms with van der Waals surface area (Å²) in [5, 5.41) is 4.98. The minimum absolute atomic E-state index is 0.0206. The van der Waals surface area contributed by atoms with E-state index in [4.69, 9.17) is 9.47 Å². The predicted octanol–water partition coefficient (Wildman–Crippen LogP) is 3.15. The molecule has 33 heavy (non-hydrogen) atoms. The van der Waals surface area contributed by atoms with Gasteiger partial charge in [0.25, 0.3) is 5.91 Å². The van der Waals surface area contributed by atoms with E-state index in [0.29, 0.717) is 17.1 Å². The molecule has 2 heterocycles. The number of carbonyl (C=O) groups is 3. The third kappa shape index (κ3) is 5.45. The van der Waals surface area contributed by atoms with E-state index < -0.39 is 36.0 Å². The van der Waals surface area contributed by atoms with Crippen LogP contribution in [0.15, 0.2) is 42.5 Å². The fourth-order valence-electron chi connectivity index (χ4n) is 3.41. The van der Waals surface area contributed by atoms with E-state index in [-0.39, 0.29) is 31.9 Å². The molecule has 0 aliphatic carbocycles. The average molecular weight is 465 g/mol. The largest absolute Gasteiger partial charge is 0.573 e. The van der Waals surface area contributed by atoms with Gasteiger partial charge in [0, 0.05) is 18.2 Å². The second-order valence-corrected chi connectivity index (χ2v) is 7.28. The molecule has 2 aromatic carbocycles. The van der Waals surface area contributed by atoms with Crippen molar-refractivity contribution in [1.29, 1.82) is 0 Å². The number of rotatable bonds is 7. The van der Waals surface area contributed by atoms with Crippen LogP contribution < -0.4 is 24.8 Å². The van der Waals surface area contributed by atoms with Gasteiger partial charge in [-0.05, 0) is 36.2 Å². The maximum absolute atomic E-state index is 12.6. The Bertz CT molecular complexity index is 1090. The summed E-state index contributed by atoms with van der Waals surface area (Å²) in [5.41, 5.74) is 0.773. The SMILES string of the molecule is O=C(CC[C@H]1NC(=O)N(Cc2ccc3c(c2)OCO3)C1=O)Nc1cccc(OC(F)(F)F)c1. The van der Waals surface area contributed by atoms with Crippen LogP contribution >= 0.6 is 0 Å². The number of amides is 4. The Morgan fingerprint density at radius 1 is 1.15 bits per heavy atom. The molecule has 12 heteroatoms. The minimum atomic E-state index is -4.85. The van der Waals surface area contributed by atoms with Crippen molar-refractivity contribution >= 4 is 23.5 Å². The molecule has 2 N–H and O–H groups in total. The van der Waals surface area contributed by atoms with Crippen LogP contribution in [-0.2, 0) is 16.1 Å². The van der Waals surface area contributed by atoms with Crippen LogP contribution in [0.2, 0.25) is 0 Å². The first kappa shape index (κ1) is 22.2. The number of imide groups is 1. The zero-order chi connectivity index (χ0) is 23.6. The van der Waals surface area contributed by atoms with E-state index >= 15 is 0 Å². The number of benzene rings is 2. The van der Waals surface area contributed by atoms with Gasteiger partial charge in [0.1, 0.15) is 11.8 Å². The molecular weight excluding hydrogens is 447 g/mol. The number of alkyl halides is 3. The van der Waals surface area contributed by atoms with Crippen LogP contribution in [0.1, 0.15) is 18.4 Å². The summed E-state index contributed by atoms with van der Waals surface area (Å²) in [4.78, 5) is 38.1. The average Bonchev–Trinajstić information content (AvgIpc) is 3.30. The third-order valence-corrected chi connectivity index (χ3v) is 4.90. The van der Waals surface area contributed by atoms with E-state index in [1.54, 1.807) is 18.2 Å². The quantitative estimate of drug-likeness (QED) is 0.609.